The van der Waals surface area contributed by atoms with Crippen LogP contribution < -0.4 is 59.3 Å². The molecule has 0 aliphatic carbocycles. The van der Waals surface area contributed by atoms with Gasteiger partial charge >= 0.3 is 17.9 Å². The maximum atomic E-state index is 15.5. The first kappa shape index (κ1) is 97.7. The zero-order valence-electron chi connectivity index (χ0n) is 69.2. The summed E-state index contributed by atoms with van der Waals surface area (Å²) in [6, 6.07) is 12.7. The number of H-pyrrole nitrogens is 1. The summed E-state index contributed by atoms with van der Waals surface area (Å²) in [5.41, 5.74) is 14.0. The van der Waals surface area contributed by atoms with Crippen LogP contribution in [0.4, 0.5) is 4.39 Å². The van der Waals surface area contributed by atoms with Crippen molar-refractivity contribution in [1.29, 1.82) is 0 Å². The number of benzene rings is 4. The molecule has 123 heavy (non-hydrogen) atoms. The zero-order chi connectivity index (χ0) is 89.7. The number of nitrogens with two attached hydrogens (primary N) is 2. The molecule has 1 saturated heterocycles. The van der Waals surface area contributed by atoms with Crippen molar-refractivity contribution in [2.75, 3.05) is 19.7 Å². The van der Waals surface area contributed by atoms with Crippen LogP contribution in [0.3, 0.4) is 0 Å². The zero-order valence-corrected chi connectivity index (χ0v) is 69.2. The third-order valence-corrected chi connectivity index (χ3v) is 21.0. The van der Waals surface area contributed by atoms with Gasteiger partial charge in [0.05, 0.1) is 67.4 Å². The number of imidazole rings is 1. The van der Waals surface area contributed by atoms with Crippen LogP contribution in [0.15, 0.2) is 122 Å². The molecule has 666 valence electrons. The second-order valence-corrected chi connectivity index (χ2v) is 31.0. The van der Waals surface area contributed by atoms with E-state index >= 15 is 4.39 Å². The van der Waals surface area contributed by atoms with E-state index in [-0.39, 0.29) is 44.2 Å². The first-order valence-corrected chi connectivity index (χ1v) is 41.3. The van der Waals surface area contributed by atoms with Crippen molar-refractivity contribution < 1.29 is 102 Å². The fraction of sp³-hybridized carbons (Fsp3) is 0.494. The molecule has 0 saturated carbocycles. The number of rotatable bonds is 54. The number of nitrogens with one attached hydrogen (secondary N) is 10. The summed E-state index contributed by atoms with van der Waals surface area (Å²) in [4.78, 5) is 197. The van der Waals surface area contributed by atoms with E-state index in [2.05, 4.69) is 68.1 Å². The maximum absolute atomic E-state index is 15.5. The Balaban J connectivity index is 0.981. The topological polar surface area (TPSA) is 583 Å². The van der Waals surface area contributed by atoms with E-state index in [1.165, 1.54) is 61.5 Å². The second-order valence-electron chi connectivity index (χ2n) is 31.0. The summed E-state index contributed by atoms with van der Waals surface area (Å²) in [5, 5.41) is 90.7. The number of hydrogen-bond donors (Lipinski definition) is 18. The number of aromatic nitrogens is 5. The van der Waals surface area contributed by atoms with E-state index in [4.69, 9.17) is 16.6 Å². The number of hydrogen-bond acceptors (Lipinski definition) is 21. The third-order valence-electron chi connectivity index (χ3n) is 21.0. The molecule has 37 nitrogen and oxygen atoms in total. The van der Waals surface area contributed by atoms with Crippen LogP contribution >= 0.6 is 0 Å². The standard InChI is InChI=1S/C85H114FN17O20/c1-51(105)73(98-84(123)85(3,45-57-25-20-21-27-61(57)86)99-82(121)74(52(2)106)97-69(107)47-90-76(115)63(38-39-71(110)111)92-80(119)68-28-22-40-102(68)83(122)62(87)43-59-46-89-50-91-59)81(120)96-67(49-104)79(118)95-66(44-72(112)113)78(117)94-65(42-53-30-34-56(35-31-53)55-23-16-15-17-24-55)77(116)93-64(75(88)114)41-54-32-36-60(37-33-54)103-48-58(100-101-103)26-18-13-11-9-7-5-4-6-8-10-12-14-19-29-70(108)109/h15-17,20-21,23-25,27,30-37,46,48,50-52,62-68,73-74,104-106H,4-14,18-19,22,26,28-29,38-45,47,49,87H2,1-3H3,(H2,88,114)(H,89,91)(H,90,115)(H,92,119)(H,93,116)(H,94,117)(H,95,118)(H,96,120)(H,97,107)(H,98,123)(H,99,121)(H,108,109)(H,110,111)(H,112,113)/t51-,52-,62+,63+,64+,65+,66+,67+,68+,73+,74+,85?/m1/s1. The first-order chi connectivity index (χ1) is 58.7. The van der Waals surface area contributed by atoms with E-state index in [1.54, 1.807) is 59.4 Å². The molecule has 1 fully saturated rings. The Morgan fingerprint density at radius 1 is 0.577 bits per heavy atom. The van der Waals surface area contributed by atoms with Gasteiger partial charge in [-0.3, -0.25) is 67.1 Å². The minimum atomic E-state index is -2.43. The molecule has 0 radical (unpaired) electrons. The first-order valence-electron chi connectivity index (χ1n) is 41.3. The van der Waals surface area contributed by atoms with Gasteiger partial charge in [-0.2, -0.15) is 0 Å². The van der Waals surface area contributed by atoms with E-state index in [9.17, 15) is 92.7 Å². The maximum Gasteiger partial charge on any atom is 0.305 e. The molecule has 12 atom stereocenters. The van der Waals surface area contributed by atoms with Crippen LogP contribution in [-0.2, 0) is 99.2 Å². The smallest absolute Gasteiger partial charge is 0.305 e. The number of primary amides is 1. The summed E-state index contributed by atoms with van der Waals surface area (Å²) < 4.78 is 17.2. The lowest BCUT2D eigenvalue weighted by Gasteiger charge is -2.34. The summed E-state index contributed by atoms with van der Waals surface area (Å²) in [7, 11) is 0. The van der Waals surface area contributed by atoms with E-state index in [0.29, 0.717) is 28.9 Å². The molecule has 7 rings (SSSR count). The average Bonchev–Trinajstić information content (AvgIpc) is 1.46. The van der Waals surface area contributed by atoms with E-state index in [0.717, 1.165) is 101 Å². The molecule has 38 heteroatoms. The lowest BCUT2D eigenvalue weighted by Crippen LogP contribution is -2.67. The van der Waals surface area contributed by atoms with Crippen molar-refractivity contribution in [2.24, 2.45) is 11.5 Å². The molecule has 1 unspecified atom stereocenters. The van der Waals surface area contributed by atoms with Gasteiger partial charge in [-0.25, -0.2) is 14.1 Å². The number of carboxylic acids is 3. The number of aliphatic carboxylic acids is 3. The van der Waals surface area contributed by atoms with Crippen molar-refractivity contribution in [2.45, 2.75) is 247 Å². The molecule has 0 spiro atoms. The Labute approximate surface area is 710 Å². The number of aryl methyl sites for hydroxylation is 1. The van der Waals surface area contributed by atoms with Gasteiger partial charge in [-0.05, 0) is 105 Å². The van der Waals surface area contributed by atoms with Gasteiger partial charge in [0.25, 0.3) is 0 Å². The fourth-order valence-electron chi connectivity index (χ4n) is 14.1. The number of aliphatic hydroxyl groups excluding tert-OH is 3. The molecule has 2 aromatic heterocycles. The summed E-state index contributed by atoms with van der Waals surface area (Å²) in [6.07, 6.45) is 13.2. The summed E-state index contributed by atoms with van der Waals surface area (Å²) >= 11 is 0. The van der Waals surface area contributed by atoms with Crippen molar-refractivity contribution in [3.05, 3.63) is 156 Å². The van der Waals surface area contributed by atoms with Crippen LogP contribution in [0.25, 0.3) is 16.8 Å². The number of halogens is 1. The Hall–Kier alpha value is -12.4. The lowest BCUT2D eigenvalue weighted by atomic mass is 9.90. The largest absolute Gasteiger partial charge is 0.481 e. The van der Waals surface area contributed by atoms with Crippen molar-refractivity contribution in [3.8, 4) is 16.8 Å². The van der Waals surface area contributed by atoms with Gasteiger partial charge in [0.2, 0.25) is 65.0 Å². The number of unbranched alkanes of at least 4 members (excludes halogenated alkanes) is 12. The molecule has 6 aromatic rings. The summed E-state index contributed by atoms with van der Waals surface area (Å²) in [5.74, 6) is -17.1. The number of aromatic amines is 1. The number of carbonyl (C=O) groups is 14. The predicted octanol–water partition coefficient (Wildman–Crippen LogP) is 1.44. The molecule has 20 N–H and O–H groups in total. The van der Waals surface area contributed by atoms with Crippen molar-refractivity contribution in [1.82, 2.24) is 77.7 Å². The van der Waals surface area contributed by atoms with Gasteiger partial charge in [0.1, 0.15) is 59.7 Å². The second kappa shape index (κ2) is 49.5. The van der Waals surface area contributed by atoms with Crippen LogP contribution in [0.2, 0.25) is 0 Å². The number of carboxylic acid groups (broad SMARTS) is 3. The Bertz CT molecular complexity index is 4520. The van der Waals surface area contributed by atoms with Crippen molar-refractivity contribution >= 4 is 82.9 Å². The van der Waals surface area contributed by atoms with Gasteiger partial charge in [0, 0.05) is 51.3 Å². The third kappa shape index (κ3) is 32.2. The van der Waals surface area contributed by atoms with Crippen molar-refractivity contribution in [3.63, 3.8) is 0 Å². The molecule has 11 amide bonds. The van der Waals surface area contributed by atoms with Gasteiger partial charge in [0.15, 0.2) is 0 Å². The van der Waals surface area contributed by atoms with Crippen LogP contribution in [0.1, 0.15) is 171 Å². The molecule has 1 aliphatic rings. The number of aliphatic hydroxyl groups is 3. The fourth-order valence-corrected chi connectivity index (χ4v) is 14.1. The highest BCUT2D eigenvalue weighted by atomic mass is 19.1. The highest BCUT2D eigenvalue weighted by molar-refractivity contribution is 6.01. The molecule has 4 aromatic carbocycles. The Kier molecular flexibility index (Phi) is 39.3. The highest BCUT2D eigenvalue weighted by Gasteiger charge is 2.44. The highest BCUT2D eigenvalue weighted by Crippen LogP contribution is 2.25. The molecule has 0 bridgehead atoms. The molecule has 1 aliphatic heterocycles. The SMILES string of the molecule is C[C@@H](O)[C@H](NC(=O)CNC(=O)[C@H](CCC(=O)O)NC(=O)[C@@H]1CCCN1C(=O)[C@@H](N)Cc1c[nH]cn1)C(=O)NC(C)(Cc1ccccc1F)C(=O)N[C@H](C(=O)N[C@@H](CO)C(=O)N[C@@H](CC(=O)O)C(=O)N[C@@H](Cc1ccc(-c2ccccc2)cc1)C(=O)N[C@@H](Cc1ccc(-n2cc(CCCCCCCCCCCCCCCC(=O)O)nn2)cc1)C(N)=O)[C@@H](C)O. The number of likely N-dealkylation sites (tertiary alicyclic amines) is 1. The minimum absolute atomic E-state index is 0.0369. The van der Waals surface area contributed by atoms with E-state index in [1.807, 2.05) is 36.5 Å². The monoisotopic (exact) mass is 1710 g/mol. The van der Waals surface area contributed by atoms with E-state index < -0.39 is 200 Å². The molecular formula is C85H114FN17O20. The van der Waals surface area contributed by atoms with Gasteiger partial charge in [-0.15, -0.1) is 5.10 Å². The molecular weight excluding hydrogens is 1600 g/mol. The minimum Gasteiger partial charge on any atom is -0.481 e. The van der Waals surface area contributed by atoms with Crippen LogP contribution in [0, 0.1) is 5.82 Å². The van der Waals surface area contributed by atoms with Crippen LogP contribution in [-0.4, -0.2) is 235 Å². The Morgan fingerprint density at radius 2 is 1.12 bits per heavy atom. The van der Waals surface area contributed by atoms with Crippen LogP contribution in [0.5, 0.6) is 0 Å². The number of amides is 11. The quantitative estimate of drug-likeness (QED) is 0.0240. The number of nitrogens with zero attached hydrogens (tertiary/aromatic N) is 5. The molecule has 3 heterocycles. The average molecular weight is 1710 g/mol. The van der Waals surface area contributed by atoms with Gasteiger partial charge < -0.3 is 99.8 Å². The summed E-state index contributed by atoms with van der Waals surface area (Å²) in [6.45, 7) is 0.965. The lowest BCUT2D eigenvalue weighted by molar-refractivity contribution is -0.142. The van der Waals surface area contributed by atoms with Gasteiger partial charge in [-0.1, -0.05) is 161 Å². The normalized spacial score (nSPS) is 15.4. The predicted molar refractivity (Wildman–Crippen MR) is 444 cm³/mol. The Morgan fingerprint density at radius 3 is 1.71 bits per heavy atom. The number of carbonyl (C=O) groups excluding carboxylic acids is 11.